The van der Waals surface area contributed by atoms with E-state index < -0.39 is 6.10 Å². The van der Waals surface area contributed by atoms with E-state index in [1.54, 1.807) is 0 Å². The van der Waals surface area contributed by atoms with Gasteiger partial charge >= 0.3 is 17.9 Å². The minimum atomic E-state index is -0.759. The number of unbranched alkanes of at least 4 members (excludes halogenated alkanes) is 22. The molecule has 0 rings (SSSR count). The molecule has 296 valence electrons. The van der Waals surface area contributed by atoms with E-state index in [1.807, 2.05) is 0 Å². The average Bonchev–Trinajstić information content (AvgIpc) is 3.09. The number of esters is 3. The molecule has 0 amide bonds. The molecule has 1 unspecified atom stereocenters. The lowest BCUT2D eigenvalue weighted by Gasteiger charge is -2.18. The quantitative estimate of drug-likeness (QED) is 0.0361. The molecule has 6 heteroatoms. The zero-order valence-electron chi connectivity index (χ0n) is 34.0. The third kappa shape index (κ3) is 36.2. The summed E-state index contributed by atoms with van der Waals surface area (Å²) in [7, 11) is 0. The van der Waals surface area contributed by atoms with Crippen molar-refractivity contribution >= 4 is 17.9 Å². The second-order valence-corrected chi connectivity index (χ2v) is 15.7. The van der Waals surface area contributed by atoms with Crippen molar-refractivity contribution < 1.29 is 28.6 Å². The van der Waals surface area contributed by atoms with Crippen molar-refractivity contribution in [3.8, 4) is 0 Å². The highest BCUT2D eigenvalue weighted by Gasteiger charge is 2.19. The van der Waals surface area contributed by atoms with Crippen LogP contribution in [0, 0.1) is 11.8 Å². The lowest BCUT2D eigenvalue weighted by Crippen LogP contribution is -2.30. The highest BCUT2D eigenvalue weighted by atomic mass is 16.6. The van der Waals surface area contributed by atoms with Crippen molar-refractivity contribution in [3.63, 3.8) is 0 Å². The van der Waals surface area contributed by atoms with Gasteiger partial charge in [0.15, 0.2) is 6.10 Å². The van der Waals surface area contributed by atoms with E-state index in [0.717, 1.165) is 69.6 Å². The van der Waals surface area contributed by atoms with Gasteiger partial charge in [-0.1, -0.05) is 195 Å². The third-order valence-corrected chi connectivity index (χ3v) is 10.1. The Balaban J connectivity index is 4.34. The largest absolute Gasteiger partial charge is 0.462 e. The molecule has 0 N–H and O–H groups in total. The maximum Gasteiger partial charge on any atom is 0.306 e. The molecule has 0 saturated carbocycles. The predicted octanol–water partition coefficient (Wildman–Crippen LogP) is 13.4. The SMILES string of the molecule is CCCCCCCCCCCC(=O)O[C@H](COC(=O)CCCCCCCCCCC(C)C)COC(=O)CCCCCCCCCCC(C)CC. The normalized spacial score (nSPS) is 12.6. The van der Waals surface area contributed by atoms with Gasteiger partial charge in [0.25, 0.3) is 0 Å². The fraction of sp³-hybridized carbons (Fsp3) is 0.932. The molecule has 0 aliphatic carbocycles. The molecule has 0 aromatic rings. The number of carbonyl (C=O) groups excluding carboxylic acids is 3. The first kappa shape index (κ1) is 48.4. The van der Waals surface area contributed by atoms with Crippen LogP contribution >= 0.6 is 0 Å². The van der Waals surface area contributed by atoms with Crippen molar-refractivity contribution in [3.05, 3.63) is 0 Å². The number of hydrogen-bond acceptors (Lipinski definition) is 6. The summed E-state index contributed by atoms with van der Waals surface area (Å²) in [6.45, 7) is 11.3. The first-order chi connectivity index (χ1) is 24.3. The molecule has 0 saturated heterocycles. The topological polar surface area (TPSA) is 78.9 Å². The molecule has 0 aromatic carbocycles. The molecule has 6 nitrogen and oxygen atoms in total. The summed E-state index contributed by atoms with van der Waals surface area (Å²) >= 11 is 0. The highest BCUT2D eigenvalue weighted by molar-refractivity contribution is 5.71. The first-order valence-electron chi connectivity index (χ1n) is 21.8. The van der Waals surface area contributed by atoms with Gasteiger partial charge in [0.05, 0.1) is 0 Å². The second-order valence-electron chi connectivity index (χ2n) is 15.7. The Kier molecular flexibility index (Phi) is 36.0. The molecule has 0 spiro atoms. The third-order valence-electron chi connectivity index (χ3n) is 10.1. The summed E-state index contributed by atoms with van der Waals surface area (Å²) in [4.78, 5) is 37.6. The Bertz CT molecular complexity index is 766. The van der Waals surface area contributed by atoms with E-state index in [4.69, 9.17) is 14.2 Å². The van der Waals surface area contributed by atoms with E-state index in [2.05, 4.69) is 34.6 Å². The summed E-state index contributed by atoms with van der Waals surface area (Å²) in [5.74, 6) is 0.779. The summed E-state index contributed by atoms with van der Waals surface area (Å²) in [5, 5.41) is 0. The molecular weight excluding hydrogens is 624 g/mol. The molecule has 0 aliphatic heterocycles. The Morgan fingerprint density at radius 2 is 0.760 bits per heavy atom. The maximum atomic E-state index is 12.6. The summed E-state index contributed by atoms with van der Waals surface area (Å²) in [6.07, 6.45) is 33.7. The van der Waals surface area contributed by atoms with Crippen LogP contribution in [0.5, 0.6) is 0 Å². The molecule has 0 heterocycles. The van der Waals surface area contributed by atoms with Crippen LogP contribution < -0.4 is 0 Å². The van der Waals surface area contributed by atoms with Crippen molar-refractivity contribution in [2.45, 2.75) is 240 Å². The molecule has 2 atom stereocenters. The fourth-order valence-electron chi connectivity index (χ4n) is 6.37. The average molecular weight is 709 g/mol. The van der Waals surface area contributed by atoms with E-state index in [0.29, 0.717) is 19.3 Å². The van der Waals surface area contributed by atoms with Gasteiger partial charge in [0, 0.05) is 19.3 Å². The summed E-state index contributed by atoms with van der Waals surface area (Å²) < 4.78 is 16.7. The van der Waals surface area contributed by atoms with Crippen LogP contribution in [-0.4, -0.2) is 37.2 Å². The summed E-state index contributed by atoms with van der Waals surface area (Å²) in [6, 6.07) is 0. The number of carbonyl (C=O) groups is 3. The molecule has 0 fully saturated rings. The highest BCUT2D eigenvalue weighted by Crippen LogP contribution is 2.17. The Hall–Kier alpha value is -1.59. The predicted molar refractivity (Wildman–Crippen MR) is 210 cm³/mol. The van der Waals surface area contributed by atoms with Crippen LogP contribution in [0.3, 0.4) is 0 Å². The monoisotopic (exact) mass is 709 g/mol. The lowest BCUT2D eigenvalue weighted by atomic mass is 9.99. The Morgan fingerprint density at radius 1 is 0.420 bits per heavy atom. The molecule has 0 bridgehead atoms. The van der Waals surface area contributed by atoms with Crippen LogP contribution in [0.1, 0.15) is 234 Å². The van der Waals surface area contributed by atoms with Crippen LogP contribution in [-0.2, 0) is 28.6 Å². The number of ether oxygens (including phenoxy) is 3. The fourth-order valence-corrected chi connectivity index (χ4v) is 6.37. The maximum absolute atomic E-state index is 12.6. The molecule has 0 aliphatic rings. The van der Waals surface area contributed by atoms with Gasteiger partial charge in [-0.2, -0.15) is 0 Å². The summed E-state index contributed by atoms with van der Waals surface area (Å²) in [5.41, 5.74) is 0. The van der Waals surface area contributed by atoms with Crippen molar-refractivity contribution in [2.75, 3.05) is 13.2 Å². The van der Waals surface area contributed by atoms with E-state index in [9.17, 15) is 14.4 Å². The van der Waals surface area contributed by atoms with Crippen molar-refractivity contribution in [2.24, 2.45) is 11.8 Å². The molecule has 0 radical (unpaired) electrons. The molecule has 50 heavy (non-hydrogen) atoms. The van der Waals surface area contributed by atoms with E-state index in [-0.39, 0.29) is 31.1 Å². The Morgan fingerprint density at radius 3 is 1.14 bits per heavy atom. The Labute approximate surface area is 310 Å². The van der Waals surface area contributed by atoms with Crippen molar-refractivity contribution in [1.82, 2.24) is 0 Å². The number of hydrogen-bond donors (Lipinski definition) is 0. The van der Waals surface area contributed by atoms with Gasteiger partial charge in [-0.25, -0.2) is 0 Å². The van der Waals surface area contributed by atoms with Crippen LogP contribution in [0.25, 0.3) is 0 Å². The van der Waals surface area contributed by atoms with Gasteiger partial charge in [0.2, 0.25) is 0 Å². The van der Waals surface area contributed by atoms with Gasteiger partial charge in [-0.15, -0.1) is 0 Å². The van der Waals surface area contributed by atoms with Gasteiger partial charge in [-0.3, -0.25) is 14.4 Å². The van der Waals surface area contributed by atoms with Gasteiger partial charge in [0.1, 0.15) is 13.2 Å². The van der Waals surface area contributed by atoms with Crippen molar-refractivity contribution in [1.29, 1.82) is 0 Å². The lowest BCUT2D eigenvalue weighted by molar-refractivity contribution is -0.167. The number of rotatable bonds is 38. The van der Waals surface area contributed by atoms with E-state index in [1.165, 1.54) is 122 Å². The van der Waals surface area contributed by atoms with Gasteiger partial charge < -0.3 is 14.2 Å². The molecular formula is C44H84O6. The van der Waals surface area contributed by atoms with Crippen LogP contribution in [0.4, 0.5) is 0 Å². The minimum absolute atomic E-state index is 0.0660. The van der Waals surface area contributed by atoms with Crippen LogP contribution in [0.15, 0.2) is 0 Å². The second kappa shape index (κ2) is 37.2. The van der Waals surface area contributed by atoms with Gasteiger partial charge in [-0.05, 0) is 31.1 Å². The minimum Gasteiger partial charge on any atom is -0.462 e. The van der Waals surface area contributed by atoms with Crippen LogP contribution in [0.2, 0.25) is 0 Å². The standard InChI is InChI=1S/C44H84O6/c1-6-8-9-10-11-12-21-26-31-36-44(47)50-41(37-48-42(45)34-29-24-19-15-13-17-22-27-32-39(3)4)38-49-43(46)35-30-25-20-16-14-18-23-28-33-40(5)7-2/h39-41H,6-38H2,1-5H3/t40?,41-/m1/s1. The smallest absolute Gasteiger partial charge is 0.306 e. The zero-order valence-corrected chi connectivity index (χ0v) is 34.0. The zero-order chi connectivity index (χ0) is 36.9. The van der Waals surface area contributed by atoms with E-state index >= 15 is 0 Å². The first-order valence-corrected chi connectivity index (χ1v) is 21.8. The molecule has 0 aromatic heterocycles.